The Kier molecular flexibility index (Phi) is 59.0. The summed E-state index contributed by atoms with van der Waals surface area (Å²) in [4.78, 5) is 12.9. The van der Waals surface area contributed by atoms with Gasteiger partial charge in [-0.1, -0.05) is 163 Å². The molecule has 0 heterocycles. The predicted molar refractivity (Wildman–Crippen MR) is 210 cm³/mol. The molecule has 0 aromatic heterocycles. The van der Waals surface area contributed by atoms with E-state index in [1.54, 1.807) is 0 Å². The maximum Gasteiger partial charge on any atom is 2.00 e. The number of hydrogen-bond donors (Lipinski definition) is 1. The molecule has 0 aliphatic carbocycles. The Morgan fingerprint density at radius 1 is 0.680 bits per heavy atom. The summed E-state index contributed by atoms with van der Waals surface area (Å²) < 4.78 is 11.7. The quantitative estimate of drug-likeness (QED) is 0.0379. The molecule has 5 nitrogen and oxygen atoms in total. The molecule has 2 unspecified atom stereocenters. The van der Waals surface area contributed by atoms with E-state index in [9.17, 15) is 9.90 Å². The van der Waals surface area contributed by atoms with Gasteiger partial charge in [0.25, 0.3) is 0 Å². The summed E-state index contributed by atoms with van der Waals surface area (Å²) in [5.74, 6) is -0.178. The van der Waals surface area contributed by atoms with Crippen LogP contribution in [0.2, 0.25) is 0 Å². The third kappa shape index (κ3) is 47.6. The molecule has 0 rings (SSSR count). The molecule has 0 saturated heterocycles. The SMILES string of the molecule is CCCCCCCCC(CCCCCCCC)O[CH-]CCCCCCCN(C)CCCCCCCOC(O)C(C)C[C-]=O.[CH2-]CCCC.[U+2].[U]. The van der Waals surface area contributed by atoms with Crippen molar-refractivity contribution in [1.29, 1.82) is 0 Å². The summed E-state index contributed by atoms with van der Waals surface area (Å²) in [6.45, 7) is 17.3. The van der Waals surface area contributed by atoms with E-state index in [1.165, 1.54) is 167 Å². The van der Waals surface area contributed by atoms with Crippen molar-refractivity contribution in [2.24, 2.45) is 5.92 Å². The first-order valence-corrected chi connectivity index (χ1v) is 21.1. The Balaban J connectivity index is -0.00000140. The van der Waals surface area contributed by atoms with E-state index in [4.69, 9.17) is 9.47 Å². The first-order valence-electron chi connectivity index (χ1n) is 21.1. The van der Waals surface area contributed by atoms with Crippen molar-refractivity contribution in [2.75, 3.05) is 26.7 Å². The van der Waals surface area contributed by atoms with Crippen LogP contribution in [0.25, 0.3) is 0 Å². The second-order valence-corrected chi connectivity index (χ2v) is 14.5. The van der Waals surface area contributed by atoms with Gasteiger partial charge >= 0.3 is 31.1 Å². The van der Waals surface area contributed by atoms with Crippen molar-refractivity contribution in [3.8, 4) is 0 Å². The first kappa shape index (κ1) is 58.3. The summed E-state index contributed by atoms with van der Waals surface area (Å²) in [7, 11) is 2.26. The van der Waals surface area contributed by atoms with Gasteiger partial charge in [-0.25, -0.2) is 6.61 Å². The van der Waals surface area contributed by atoms with E-state index in [0.717, 1.165) is 25.7 Å². The number of aliphatic hydroxyl groups excluding tert-OH is 1. The number of hydrogen-bond acceptors (Lipinski definition) is 5. The minimum atomic E-state index is -0.848. The van der Waals surface area contributed by atoms with Gasteiger partial charge in [-0.15, -0.1) is 6.42 Å². The summed E-state index contributed by atoms with van der Waals surface area (Å²) in [5.41, 5.74) is 0. The number of carbonyl (C=O) groups excluding carboxylic acids is 1. The van der Waals surface area contributed by atoms with Crippen LogP contribution in [0.3, 0.4) is 0 Å². The van der Waals surface area contributed by atoms with Crippen molar-refractivity contribution in [3.05, 3.63) is 13.5 Å². The van der Waals surface area contributed by atoms with E-state index in [0.29, 0.717) is 12.7 Å². The zero-order valence-electron chi connectivity index (χ0n) is 34.3. The topological polar surface area (TPSA) is 59.0 Å². The molecule has 0 aromatic carbocycles. The fourth-order valence-corrected chi connectivity index (χ4v) is 5.91. The standard InChI is InChI=1S/C38H75NO4.C5H11.2U/c1-5-7-9-11-16-22-28-37(29-23-17-12-10-8-6-2)42-34-26-20-14-13-18-24-31-39(4)32-25-19-15-21-27-35-43-38(41)36(3)30-33-40;1-3-5-4-2;;/h34,36-38,41H,5-32,35H2,1-4H3;1,3-5H2,2H3;;/q-2;-1;;+2. The molecule has 296 valence electrons. The minimum Gasteiger partial charge on any atom is -0.550 e. The van der Waals surface area contributed by atoms with Gasteiger partial charge in [0, 0.05) is 43.8 Å². The smallest absolute Gasteiger partial charge is 0.550 e. The Morgan fingerprint density at radius 2 is 1.12 bits per heavy atom. The zero-order valence-corrected chi connectivity index (χ0v) is 42.6. The van der Waals surface area contributed by atoms with E-state index >= 15 is 0 Å². The Morgan fingerprint density at radius 3 is 1.58 bits per heavy atom. The van der Waals surface area contributed by atoms with Gasteiger partial charge in [0.2, 0.25) is 0 Å². The molecule has 0 spiro atoms. The van der Waals surface area contributed by atoms with Crippen LogP contribution in [0, 0.1) is 81.7 Å². The molecule has 1 N–H and O–H groups in total. The van der Waals surface area contributed by atoms with Crippen LogP contribution in [0.1, 0.15) is 214 Å². The van der Waals surface area contributed by atoms with Gasteiger partial charge in [-0.05, 0) is 58.2 Å². The van der Waals surface area contributed by atoms with Crippen molar-refractivity contribution >= 4 is 6.29 Å². The first-order chi connectivity index (χ1) is 23.5. The maximum absolute atomic E-state index is 10.4. The van der Waals surface area contributed by atoms with Gasteiger partial charge in [-0.2, -0.15) is 12.8 Å². The zero-order chi connectivity index (χ0) is 35.8. The van der Waals surface area contributed by atoms with Gasteiger partial charge < -0.3 is 31.2 Å². The monoisotopic (exact) mass is 1160 g/mol. The minimum absolute atomic E-state index is 0. The molecular weight excluding hydrogens is 1070 g/mol. The number of aliphatic hydroxyl groups is 1. The molecule has 2 atom stereocenters. The van der Waals surface area contributed by atoms with E-state index in [-0.39, 0.29) is 74.6 Å². The van der Waals surface area contributed by atoms with Crippen LogP contribution in [0.4, 0.5) is 0 Å². The third-order valence-corrected chi connectivity index (χ3v) is 9.38. The molecule has 0 radical (unpaired) electrons. The molecule has 0 bridgehead atoms. The number of unbranched alkanes of at least 4 members (excludes halogenated alkanes) is 21. The molecule has 0 aliphatic rings. The average molecular weight is 1160 g/mol. The van der Waals surface area contributed by atoms with E-state index < -0.39 is 6.29 Å². The molecule has 0 saturated carbocycles. The van der Waals surface area contributed by atoms with Crippen LogP contribution in [0.15, 0.2) is 0 Å². The largest absolute Gasteiger partial charge is 2.00 e. The van der Waals surface area contributed by atoms with Crippen LogP contribution in [-0.4, -0.2) is 55.4 Å². The van der Waals surface area contributed by atoms with Crippen LogP contribution in [-0.2, 0) is 14.3 Å². The van der Waals surface area contributed by atoms with Gasteiger partial charge in [0.1, 0.15) is 0 Å². The summed E-state index contributed by atoms with van der Waals surface area (Å²) in [6, 6.07) is 0. The second-order valence-electron chi connectivity index (χ2n) is 14.5. The maximum atomic E-state index is 10.4. The van der Waals surface area contributed by atoms with Gasteiger partial charge in [0.15, 0.2) is 6.29 Å². The van der Waals surface area contributed by atoms with Gasteiger partial charge in [0.05, 0.1) is 0 Å². The molecule has 0 fully saturated rings. The van der Waals surface area contributed by atoms with Crippen molar-refractivity contribution in [1.82, 2.24) is 4.90 Å². The van der Waals surface area contributed by atoms with E-state index in [2.05, 4.69) is 46.2 Å². The fourth-order valence-electron chi connectivity index (χ4n) is 5.91. The predicted octanol–water partition coefficient (Wildman–Crippen LogP) is 12.7. The Bertz CT molecular complexity index is 583. The van der Waals surface area contributed by atoms with Crippen molar-refractivity contribution < 1.29 is 81.6 Å². The Labute approximate surface area is 362 Å². The molecular formula is C43H86NO4U2-. The van der Waals surface area contributed by atoms with Crippen molar-refractivity contribution in [3.63, 3.8) is 0 Å². The van der Waals surface area contributed by atoms with Crippen LogP contribution in [0.5, 0.6) is 0 Å². The van der Waals surface area contributed by atoms with Crippen LogP contribution < -0.4 is 0 Å². The number of rotatable bonds is 38. The molecule has 0 aromatic rings. The normalized spacial score (nSPS) is 12.3. The fraction of sp³-hybridized carbons (Fsp3) is 0.930. The van der Waals surface area contributed by atoms with Crippen LogP contribution >= 0.6 is 0 Å². The molecule has 0 aliphatic heterocycles. The number of nitrogens with zero attached hydrogens (tertiary/aromatic N) is 1. The summed E-state index contributed by atoms with van der Waals surface area (Å²) in [6.07, 6.45) is 37.7. The van der Waals surface area contributed by atoms with Crippen molar-refractivity contribution in [2.45, 2.75) is 226 Å². The molecule has 7 heteroatoms. The Hall–Kier alpha value is 1.61. The summed E-state index contributed by atoms with van der Waals surface area (Å²) in [5, 5.41) is 9.80. The molecule has 50 heavy (non-hydrogen) atoms. The summed E-state index contributed by atoms with van der Waals surface area (Å²) >= 11 is 0. The molecule has 0 amide bonds. The average Bonchev–Trinajstić information content (AvgIpc) is 3.08. The van der Waals surface area contributed by atoms with E-state index in [1.807, 2.05) is 13.2 Å². The third-order valence-electron chi connectivity index (χ3n) is 9.38. The van der Waals surface area contributed by atoms with Gasteiger partial charge in [-0.3, -0.25) is 6.29 Å². The number of ether oxygens (including phenoxy) is 2. The second kappa shape index (κ2) is 50.6.